The first-order chi connectivity index (χ1) is 12.3. The van der Waals surface area contributed by atoms with Gasteiger partial charge in [-0.3, -0.25) is 4.79 Å². The third kappa shape index (κ3) is 3.26. The van der Waals surface area contributed by atoms with Gasteiger partial charge in [0.2, 0.25) is 0 Å². The zero-order valence-corrected chi connectivity index (χ0v) is 13.8. The van der Waals surface area contributed by atoms with Gasteiger partial charge in [-0.25, -0.2) is 4.98 Å². The molecule has 5 nitrogen and oxygen atoms in total. The zero-order valence-electron chi connectivity index (χ0n) is 13.8. The molecule has 3 aromatic rings. The number of fused-ring (bicyclic) bond motifs is 1. The highest BCUT2D eigenvalue weighted by Crippen LogP contribution is 2.32. The standard InChI is InChI=1S/C20H19N3O2/c24-20(22-14-17-7-4-12-25-17)18-10-9-16(13-21-18)23-11-3-6-15-5-1-2-8-19(15)23/h1-2,4-5,7-10,12-13H,3,6,11,14H2,(H,22,24). The summed E-state index contributed by atoms with van der Waals surface area (Å²) in [5.41, 5.74) is 4.00. The molecule has 0 bridgehead atoms. The maximum Gasteiger partial charge on any atom is 0.270 e. The molecule has 0 spiro atoms. The second-order valence-corrected chi connectivity index (χ2v) is 6.05. The maximum absolute atomic E-state index is 12.2. The van der Waals surface area contributed by atoms with Crippen molar-refractivity contribution >= 4 is 17.3 Å². The molecule has 0 radical (unpaired) electrons. The average molecular weight is 333 g/mol. The van der Waals surface area contributed by atoms with Crippen LogP contribution in [0.25, 0.3) is 0 Å². The zero-order chi connectivity index (χ0) is 17.1. The van der Waals surface area contributed by atoms with Crippen molar-refractivity contribution in [1.29, 1.82) is 0 Å². The van der Waals surface area contributed by atoms with E-state index in [9.17, 15) is 4.79 Å². The summed E-state index contributed by atoms with van der Waals surface area (Å²) in [6, 6.07) is 15.8. The first-order valence-electron chi connectivity index (χ1n) is 8.43. The number of pyridine rings is 1. The molecule has 1 amide bonds. The predicted octanol–water partition coefficient (Wildman–Crippen LogP) is 3.69. The highest BCUT2D eigenvalue weighted by molar-refractivity contribution is 5.92. The van der Waals surface area contributed by atoms with Crippen molar-refractivity contribution in [3.05, 3.63) is 78.0 Å². The molecule has 1 aliphatic heterocycles. The van der Waals surface area contributed by atoms with E-state index in [1.54, 1.807) is 24.6 Å². The normalized spacial score (nSPS) is 13.4. The van der Waals surface area contributed by atoms with Crippen LogP contribution in [0.3, 0.4) is 0 Å². The molecule has 0 unspecified atom stereocenters. The molecular formula is C20H19N3O2. The minimum atomic E-state index is -0.206. The fourth-order valence-electron chi connectivity index (χ4n) is 3.15. The molecule has 2 aromatic heterocycles. The highest BCUT2D eigenvalue weighted by atomic mass is 16.3. The SMILES string of the molecule is O=C(NCc1ccco1)c1ccc(N2CCCc3ccccc32)cn1. The minimum Gasteiger partial charge on any atom is -0.467 e. The van der Waals surface area contributed by atoms with Gasteiger partial charge < -0.3 is 14.6 Å². The van der Waals surface area contributed by atoms with Crippen molar-refractivity contribution < 1.29 is 9.21 Å². The van der Waals surface area contributed by atoms with Gasteiger partial charge in [0, 0.05) is 12.2 Å². The van der Waals surface area contributed by atoms with Crippen LogP contribution < -0.4 is 10.2 Å². The summed E-state index contributed by atoms with van der Waals surface area (Å²) in [4.78, 5) is 18.8. The van der Waals surface area contributed by atoms with E-state index in [0.29, 0.717) is 12.2 Å². The summed E-state index contributed by atoms with van der Waals surface area (Å²) >= 11 is 0. The number of nitrogens with zero attached hydrogens (tertiary/aromatic N) is 2. The smallest absolute Gasteiger partial charge is 0.270 e. The Morgan fingerprint density at radius 2 is 2.08 bits per heavy atom. The van der Waals surface area contributed by atoms with E-state index in [-0.39, 0.29) is 5.91 Å². The van der Waals surface area contributed by atoms with Crippen LogP contribution in [-0.4, -0.2) is 17.4 Å². The number of rotatable bonds is 4. The molecule has 1 aromatic carbocycles. The number of hydrogen-bond acceptors (Lipinski definition) is 4. The predicted molar refractivity (Wildman–Crippen MR) is 95.9 cm³/mol. The third-order valence-electron chi connectivity index (χ3n) is 4.41. The third-order valence-corrected chi connectivity index (χ3v) is 4.41. The van der Waals surface area contributed by atoms with E-state index in [1.165, 1.54) is 11.3 Å². The first kappa shape index (κ1) is 15.4. The maximum atomic E-state index is 12.2. The Bertz CT molecular complexity index is 857. The number of carbonyl (C=O) groups is 1. The Hall–Kier alpha value is -3.08. The number of benzene rings is 1. The molecule has 1 aliphatic rings. The first-order valence-corrected chi connectivity index (χ1v) is 8.43. The fraction of sp³-hybridized carbons (Fsp3) is 0.200. The largest absolute Gasteiger partial charge is 0.467 e. The number of carbonyl (C=O) groups excluding carboxylic acids is 1. The van der Waals surface area contributed by atoms with Gasteiger partial charge in [0.1, 0.15) is 11.5 Å². The molecule has 3 heterocycles. The number of anilines is 2. The van der Waals surface area contributed by atoms with Gasteiger partial charge in [0.05, 0.1) is 24.7 Å². The van der Waals surface area contributed by atoms with Crippen LogP contribution in [0.4, 0.5) is 11.4 Å². The summed E-state index contributed by atoms with van der Waals surface area (Å²) in [6.45, 7) is 1.32. The van der Waals surface area contributed by atoms with Crippen molar-refractivity contribution in [2.45, 2.75) is 19.4 Å². The Balaban J connectivity index is 1.48. The minimum absolute atomic E-state index is 0.206. The van der Waals surface area contributed by atoms with Crippen LogP contribution in [-0.2, 0) is 13.0 Å². The number of amides is 1. The van der Waals surface area contributed by atoms with Crippen molar-refractivity contribution in [1.82, 2.24) is 10.3 Å². The lowest BCUT2D eigenvalue weighted by Crippen LogP contribution is -2.26. The molecule has 0 aliphatic carbocycles. The number of aromatic nitrogens is 1. The van der Waals surface area contributed by atoms with E-state index in [4.69, 9.17) is 4.42 Å². The van der Waals surface area contributed by atoms with Crippen LogP contribution >= 0.6 is 0 Å². The quantitative estimate of drug-likeness (QED) is 0.791. The molecule has 0 atom stereocenters. The summed E-state index contributed by atoms with van der Waals surface area (Å²) in [6.07, 6.45) is 5.57. The van der Waals surface area contributed by atoms with Gasteiger partial charge in [-0.2, -0.15) is 0 Å². The van der Waals surface area contributed by atoms with Crippen LogP contribution in [0.1, 0.15) is 28.2 Å². The molecule has 126 valence electrons. The van der Waals surface area contributed by atoms with Crippen LogP contribution in [0.5, 0.6) is 0 Å². The van der Waals surface area contributed by atoms with E-state index in [0.717, 1.165) is 30.8 Å². The van der Waals surface area contributed by atoms with Crippen LogP contribution in [0, 0.1) is 0 Å². The molecule has 1 N–H and O–H groups in total. The van der Waals surface area contributed by atoms with Crippen LogP contribution in [0.2, 0.25) is 0 Å². The van der Waals surface area contributed by atoms with E-state index < -0.39 is 0 Å². The molecule has 25 heavy (non-hydrogen) atoms. The van der Waals surface area contributed by atoms with Crippen molar-refractivity contribution in [3.8, 4) is 0 Å². The fourth-order valence-corrected chi connectivity index (χ4v) is 3.15. The molecule has 4 rings (SSSR count). The van der Waals surface area contributed by atoms with Gasteiger partial charge in [-0.15, -0.1) is 0 Å². The molecular weight excluding hydrogens is 314 g/mol. The number of para-hydroxylation sites is 1. The Labute approximate surface area is 146 Å². The van der Waals surface area contributed by atoms with Crippen molar-refractivity contribution in [2.75, 3.05) is 11.4 Å². The van der Waals surface area contributed by atoms with Crippen LogP contribution in [0.15, 0.2) is 65.4 Å². The number of aryl methyl sites for hydroxylation is 1. The lowest BCUT2D eigenvalue weighted by atomic mass is 10.0. The highest BCUT2D eigenvalue weighted by Gasteiger charge is 2.18. The van der Waals surface area contributed by atoms with Gasteiger partial charge in [0.15, 0.2) is 0 Å². The van der Waals surface area contributed by atoms with E-state index in [1.807, 2.05) is 12.1 Å². The van der Waals surface area contributed by atoms with Gasteiger partial charge >= 0.3 is 0 Å². The summed E-state index contributed by atoms with van der Waals surface area (Å²) in [5, 5.41) is 2.81. The topological polar surface area (TPSA) is 58.4 Å². The monoisotopic (exact) mass is 333 g/mol. The van der Waals surface area contributed by atoms with E-state index in [2.05, 4.69) is 39.5 Å². The summed E-state index contributed by atoms with van der Waals surface area (Å²) in [5.74, 6) is 0.511. The number of hydrogen-bond donors (Lipinski definition) is 1. The lowest BCUT2D eigenvalue weighted by molar-refractivity contribution is 0.0943. The van der Waals surface area contributed by atoms with Gasteiger partial charge in [0.25, 0.3) is 5.91 Å². The van der Waals surface area contributed by atoms with E-state index >= 15 is 0 Å². The second kappa shape index (κ2) is 6.81. The molecule has 0 saturated carbocycles. The Morgan fingerprint density at radius 1 is 1.16 bits per heavy atom. The Morgan fingerprint density at radius 3 is 2.88 bits per heavy atom. The Kier molecular flexibility index (Phi) is 4.21. The van der Waals surface area contributed by atoms with Crippen molar-refractivity contribution in [3.63, 3.8) is 0 Å². The summed E-state index contributed by atoms with van der Waals surface area (Å²) < 4.78 is 5.21. The lowest BCUT2D eigenvalue weighted by Gasteiger charge is -2.31. The number of nitrogens with one attached hydrogen (secondary N) is 1. The average Bonchev–Trinajstić information content (AvgIpc) is 3.19. The molecule has 0 fully saturated rings. The number of furan rings is 1. The molecule has 5 heteroatoms. The second-order valence-electron chi connectivity index (χ2n) is 6.05. The van der Waals surface area contributed by atoms with Crippen molar-refractivity contribution in [2.24, 2.45) is 0 Å². The van der Waals surface area contributed by atoms with Gasteiger partial charge in [-0.1, -0.05) is 18.2 Å². The summed E-state index contributed by atoms with van der Waals surface area (Å²) in [7, 11) is 0. The molecule has 0 saturated heterocycles. The van der Waals surface area contributed by atoms with Gasteiger partial charge in [-0.05, 0) is 48.7 Å².